The minimum atomic E-state index is -0.393. The fraction of sp³-hybridized carbons (Fsp3) is 0.0833. The second kappa shape index (κ2) is 8.13. The van der Waals surface area contributed by atoms with Gasteiger partial charge in [-0.25, -0.2) is 0 Å². The van der Waals surface area contributed by atoms with Crippen molar-refractivity contribution in [3.05, 3.63) is 83.9 Å². The molecule has 150 valence electrons. The van der Waals surface area contributed by atoms with E-state index in [1.165, 1.54) is 7.11 Å². The Morgan fingerprint density at radius 2 is 1.57 bits per heavy atom. The average Bonchev–Trinajstić information content (AvgIpc) is 3.10. The lowest BCUT2D eigenvalue weighted by molar-refractivity contribution is -0.112. The average molecular weight is 400 g/mol. The predicted molar refractivity (Wildman–Crippen MR) is 117 cm³/mol. The van der Waals surface area contributed by atoms with Crippen LogP contribution in [0.4, 0.5) is 11.4 Å². The molecule has 3 aromatic carbocycles. The van der Waals surface area contributed by atoms with Crippen LogP contribution in [0, 0.1) is 0 Å². The van der Waals surface area contributed by atoms with E-state index in [-0.39, 0.29) is 5.91 Å². The lowest BCUT2D eigenvalue weighted by Gasteiger charge is -2.14. The Balaban J connectivity index is 1.81. The summed E-state index contributed by atoms with van der Waals surface area (Å²) in [5, 5.41) is 5.72. The Morgan fingerprint density at radius 3 is 2.30 bits per heavy atom. The van der Waals surface area contributed by atoms with Crippen LogP contribution in [0.25, 0.3) is 11.1 Å². The number of anilines is 2. The lowest BCUT2D eigenvalue weighted by atomic mass is 9.94. The van der Waals surface area contributed by atoms with Crippen LogP contribution in [0.3, 0.4) is 0 Å². The Morgan fingerprint density at radius 1 is 0.867 bits per heavy atom. The number of nitrogens with one attached hydrogen (secondary N) is 2. The van der Waals surface area contributed by atoms with Crippen LogP contribution >= 0.6 is 0 Å². The van der Waals surface area contributed by atoms with E-state index in [0.717, 1.165) is 0 Å². The molecular formula is C24H20N2O4. The highest BCUT2D eigenvalue weighted by molar-refractivity contribution is 6.46. The van der Waals surface area contributed by atoms with Crippen LogP contribution < -0.4 is 20.1 Å². The second-order valence-electron chi connectivity index (χ2n) is 6.64. The van der Waals surface area contributed by atoms with Gasteiger partial charge in [0.05, 0.1) is 25.4 Å². The van der Waals surface area contributed by atoms with E-state index in [2.05, 4.69) is 10.6 Å². The standard InChI is InChI=1S/C24H20N2O4/c1-29-19-13-12-16(14-20(19)30-2)25-23(27)21(15-8-4-3-5-9-15)22-17-10-6-7-11-18(17)26-24(22)28/h3-14H,1-2H3,(H,25,27)(H,26,28). The molecule has 6 nitrogen and oxygen atoms in total. The summed E-state index contributed by atoms with van der Waals surface area (Å²) in [6.45, 7) is 0. The molecule has 0 atom stereocenters. The molecule has 0 aromatic heterocycles. The normalized spacial score (nSPS) is 13.9. The van der Waals surface area contributed by atoms with Crippen molar-refractivity contribution in [3.63, 3.8) is 0 Å². The third-order valence-corrected chi connectivity index (χ3v) is 4.85. The van der Waals surface area contributed by atoms with E-state index >= 15 is 0 Å². The summed E-state index contributed by atoms with van der Waals surface area (Å²) in [7, 11) is 3.07. The molecule has 0 saturated heterocycles. The Kier molecular flexibility index (Phi) is 5.22. The van der Waals surface area contributed by atoms with E-state index in [0.29, 0.717) is 45.1 Å². The zero-order valence-corrected chi connectivity index (χ0v) is 16.6. The van der Waals surface area contributed by atoms with Gasteiger partial charge in [-0.05, 0) is 23.8 Å². The summed E-state index contributed by atoms with van der Waals surface area (Å²) in [5.41, 5.74) is 3.20. The molecule has 0 bridgehead atoms. The number of carbonyl (C=O) groups excluding carboxylic acids is 2. The zero-order chi connectivity index (χ0) is 21.1. The van der Waals surface area contributed by atoms with Gasteiger partial charge in [0.1, 0.15) is 0 Å². The van der Waals surface area contributed by atoms with Gasteiger partial charge in [-0.1, -0.05) is 48.5 Å². The zero-order valence-electron chi connectivity index (χ0n) is 16.6. The molecule has 0 aliphatic carbocycles. The fourth-order valence-electron chi connectivity index (χ4n) is 3.47. The molecule has 1 aliphatic rings. The second-order valence-corrected chi connectivity index (χ2v) is 6.64. The van der Waals surface area contributed by atoms with Gasteiger partial charge in [0.25, 0.3) is 11.8 Å². The topological polar surface area (TPSA) is 76.7 Å². The van der Waals surface area contributed by atoms with Gasteiger partial charge in [0.2, 0.25) is 0 Å². The van der Waals surface area contributed by atoms with Gasteiger partial charge in [-0.3, -0.25) is 9.59 Å². The lowest BCUT2D eigenvalue weighted by Crippen LogP contribution is -2.17. The number of ether oxygens (including phenoxy) is 2. The maximum absolute atomic E-state index is 13.4. The molecule has 0 fully saturated rings. The van der Waals surface area contributed by atoms with Gasteiger partial charge >= 0.3 is 0 Å². The van der Waals surface area contributed by atoms with Crippen molar-refractivity contribution in [2.24, 2.45) is 0 Å². The van der Waals surface area contributed by atoms with E-state index in [1.54, 1.807) is 25.3 Å². The first-order valence-corrected chi connectivity index (χ1v) is 9.36. The molecule has 1 heterocycles. The number of rotatable bonds is 5. The quantitative estimate of drug-likeness (QED) is 0.629. The first-order chi connectivity index (χ1) is 14.6. The maximum atomic E-state index is 13.4. The molecule has 0 spiro atoms. The molecule has 3 aromatic rings. The number of amides is 2. The number of hydrogen-bond acceptors (Lipinski definition) is 4. The van der Waals surface area contributed by atoms with Crippen molar-refractivity contribution in [1.29, 1.82) is 0 Å². The Labute approximate surface area is 174 Å². The number of benzene rings is 3. The van der Waals surface area contributed by atoms with Gasteiger partial charge in [-0.15, -0.1) is 0 Å². The monoisotopic (exact) mass is 400 g/mol. The van der Waals surface area contributed by atoms with E-state index < -0.39 is 5.91 Å². The summed E-state index contributed by atoms with van der Waals surface area (Å²) >= 11 is 0. The van der Waals surface area contributed by atoms with Crippen molar-refractivity contribution in [3.8, 4) is 11.5 Å². The van der Waals surface area contributed by atoms with E-state index in [1.807, 2.05) is 54.6 Å². The van der Waals surface area contributed by atoms with Crippen LogP contribution in [0.2, 0.25) is 0 Å². The molecule has 4 rings (SSSR count). The van der Waals surface area contributed by atoms with Crippen molar-refractivity contribution in [2.45, 2.75) is 0 Å². The number of methoxy groups -OCH3 is 2. The van der Waals surface area contributed by atoms with Gasteiger partial charge in [0, 0.05) is 23.0 Å². The highest BCUT2D eigenvalue weighted by Gasteiger charge is 2.30. The number of carbonyl (C=O) groups is 2. The van der Waals surface area contributed by atoms with E-state index in [9.17, 15) is 9.59 Å². The van der Waals surface area contributed by atoms with Crippen LogP contribution in [-0.4, -0.2) is 26.0 Å². The van der Waals surface area contributed by atoms with Gasteiger partial charge < -0.3 is 20.1 Å². The number of fused-ring (bicyclic) bond motifs is 1. The third kappa shape index (κ3) is 3.51. The minimum absolute atomic E-state index is 0.299. The molecule has 2 N–H and O–H groups in total. The molecule has 6 heteroatoms. The predicted octanol–water partition coefficient (Wildman–Crippen LogP) is 4.21. The molecular weight excluding hydrogens is 380 g/mol. The van der Waals surface area contributed by atoms with Crippen LogP contribution in [0.15, 0.2) is 72.8 Å². The first-order valence-electron chi connectivity index (χ1n) is 9.36. The molecule has 1 aliphatic heterocycles. The number of hydrogen-bond donors (Lipinski definition) is 2. The molecule has 0 unspecified atom stereocenters. The fourth-order valence-corrected chi connectivity index (χ4v) is 3.47. The SMILES string of the molecule is COc1ccc(NC(=O)C(=C2C(=O)Nc3ccccc32)c2ccccc2)cc1OC. The minimum Gasteiger partial charge on any atom is -0.493 e. The molecule has 0 saturated carbocycles. The van der Waals surface area contributed by atoms with Crippen molar-refractivity contribution in [1.82, 2.24) is 0 Å². The van der Waals surface area contributed by atoms with Crippen LogP contribution in [-0.2, 0) is 9.59 Å². The highest BCUT2D eigenvalue weighted by atomic mass is 16.5. The largest absolute Gasteiger partial charge is 0.493 e. The summed E-state index contributed by atoms with van der Waals surface area (Å²) < 4.78 is 10.6. The van der Waals surface area contributed by atoms with Crippen molar-refractivity contribution < 1.29 is 19.1 Å². The summed E-state index contributed by atoms with van der Waals surface area (Å²) in [6.07, 6.45) is 0. The third-order valence-electron chi connectivity index (χ3n) is 4.85. The first kappa shape index (κ1) is 19.3. The van der Waals surface area contributed by atoms with Gasteiger partial charge in [-0.2, -0.15) is 0 Å². The Hall–Kier alpha value is -4.06. The van der Waals surface area contributed by atoms with Crippen molar-refractivity contribution >= 4 is 34.3 Å². The molecule has 30 heavy (non-hydrogen) atoms. The molecule has 0 radical (unpaired) electrons. The number of para-hydroxylation sites is 1. The summed E-state index contributed by atoms with van der Waals surface area (Å²) in [5.74, 6) is 0.349. The van der Waals surface area contributed by atoms with E-state index in [4.69, 9.17) is 9.47 Å². The Bertz CT molecular complexity index is 1150. The van der Waals surface area contributed by atoms with Crippen LogP contribution in [0.1, 0.15) is 11.1 Å². The molecule has 2 amide bonds. The smallest absolute Gasteiger partial charge is 0.257 e. The van der Waals surface area contributed by atoms with Gasteiger partial charge in [0.15, 0.2) is 11.5 Å². The van der Waals surface area contributed by atoms with Crippen LogP contribution in [0.5, 0.6) is 11.5 Å². The summed E-state index contributed by atoms with van der Waals surface area (Å²) in [6, 6.07) is 21.6. The van der Waals surface area contributed by atoms with Crippen molar-refractivity contribution in [2.75, 3.05) is 24.9 Å². The summed E-state index contributed by atoms with van der Waals surface area (Å²) in [4.78, 5) is 26.2. The highest BCUT2D eigenvalue weighted by Crippen LogP contribution is 2.38. The maximum Gasteiger partial charge on any atom is 0.257 e.